The first-order valence-electron chi connectivity index (χ1n) is 9.43. The highest BCUT2D eigenvalue weighted by molar-refractivity contribution is 5.08. The number of nitrogens with zero attached hydrogens (tertiary/aromatic N) is 1. The Morgan fingerprint density at radius 2 is 1.68 bits per heavy atom. The number of aromatic nitrogens is 2. The number of H-pyrrole nitrogens is 1. The van der Waals surface area contributed by atoms with E-state index < -0.39 is 0 Å². The van der Waals surface area contributed by atoms with Gasteiger partial charge in [-0.05, 0) is 50.4 Å². The van der Waals surface area contributed by atoms with Crippen LogP contribution in [0.2, 0.25) is 0 Å². The first-order chi connectivity index (χ1) is 10.8. The van der Waals surface area contributed by atoms with E-state index in [2.05, 4.69) is 24.6 Å². The molecule has 122 valence electrons. The van der Waals surface area contributed by atoms with E-state index in [0.29, 0.717) is 5.92 Å². The topological polar surface area (TPSA) is 28.7 Å². The molecule has 2 aliphatic carbocycles. The van der Waals surface area contributed by atoms with E-state index >= 15 is 0 Å². The van der Waals surface area contributed by atoms with Gasteiger partial charge in [0.25, 0.3) is 0 Å². The Morgan fingerprint density at radius 3 is 2.41 bits per heavy atom. The maximum Gasteiger partial charge on any atom is 0.109 e. The Kier molecular flexibility index (Phi) is 5.38. The lowest BCUT2D eigenvalue weighted by Gasteiger charge is -2.34. The molecule has 1 aromatic rings. The van der Waals surface area contributed by atoms with Crippen molar-refractivity contribution in [1.82, 2.24) is 9.97 Å². The highest BCUT2D eigenvalue weighted by atomic mass is 14.9. The Bertz CT molecular complexity index is 476. The zero-order valence-corrected chi connectivity index (χ0v) is 14.2. The lowest BCUT2D eigenvalue weighted by Crippen LogP contribution is -2.26. The molecule has 0 bridgehead atoms. The van der Waals surface area contributed by atoms with Crippen molar-refractivity contribution >= 4 is 0 Å². The molecule has 1 aromatic heterocycles. The van der Waals surface area contributed by atoms with Crippen molar-refractivity contribution in [1.29, 1.82) is 0 Å². The molecule has 22 heavy (non-hydrogen) atoms. The summed E-state index contributed by atoms with van der Waals surface area (Å²) in [5, 5.41) is 0. The van der Waals surface area contributed by atoms with Crippen molar-refractivity contribution in [2.45, 2.75) is 77.0 Å². The van der Waals surface area contributed by atoms with Crippen molar-refractivity contribution in [2.24, 2.45) is 17.8 Å². The summed E-state index contributed by atoms with van der Waals surface area (Å²) in [6, 6.07) is 0. The van der Waals surface area contributed by atoms with Crippen LogP contribution in [0.25, 0.3) is 0 Å². The van der Waals surface area contributed by atoms with Crippen LogP contribution in [0.3, 0.4) is 0 Å². The third-order valence-corrected chi connectivity index (χ3v) is 6.12. The number of fused-ring (bicyclic) bond motifs is 1. The molecule has 0 radical (unpaired) electrons. The molecule has 1 N–H and O–H groups in total. The van der Waals surface area contributed by atoms with Gasteiger partial charge in [-0.2, -0.15) is 0 Å². The number of allylic oxidation sites excluding steroid dienone is 1. The normalized spacial score (nSPS) is 33.9. The van der Waals surface area contributed by atoms with Gasteiger partial charge >= 0.3 is 0 Å². The van der Waals surface area contributed by atoms with Crippen LogP contribution in [-0.4, -0.2) is 9.97 Å². The lowest BCUT2D eigenvalue weighted by atomic mass is 9.71. The van der Waals surface area contributed by atoms with Crippen LogP contribution >= 0.6 is 0 Å². The maximum absolute atomic E-state index is 4.72. The number of imidazole rings is 1. The second-order valence-corrected chi connectivity index (χ2v) is 7.56. The summed E-state index contributed by atoms with van der Waals surface area (Å²) in [5.41, 5.74) is 1.21. The van der Waals surface area contributed by atoms with Gasteiger partial charge in [-0.3, -0.25) is 0 Å². The van der Waals surface area contributed by atoms with Gasteiger partial charge in [0.05, 0.1) is 0 Å². The molecule has 0 amide bonds. The van der Waals surface area contributed by atoms with Crippen LogP contribution in [0, 0.1) is 24.7 Å². The number of aromatic amines is 1. The van der Waals surface area contributed by atoms with Gasteiger partial charge in [0.2, 0.25) is 0 Å². The van der Waals surface area contributed by atoms with Crippen molar-refractivity contribution in [3.05, 3.63) is 30.4 Å². The van der Waals surface area contributed by atoms with Gasteiger partial charge in [-0.25, -0.2) is 4.98 Å². The first-order valence-corrected chi connectivity index (χ1v) is 9.43. The largest absolute Gasteiger partial charge is 0.346 e. The summed E-state index contributed by atoms with van der Waals surface area (Å²) < 4.78 is 0. The number of hydrogen-bond acceptors (Lipinski definition) is 1. The summed E-state index contributed by atoms with van der Waals surface area (Å²) in [6.07, 6.45) is 18.1. The molecule has 3 rings (SSSR count). The van der Waals surface area contributed by atoms with Gasteiger partial charge in [0.1, 0.15) is 5.82 Å². The average molecular weight is 300 g/mol. The molecule has 2 nitrogen and oxygen atoms in total. The average Bonchev–Trinajstić information content (AvgIpc) is 2.88. The smallest absolute Gasteiger partial charge is 0.109 e. The second-order valence-electron chi connectivity index (χ2n) is 7.56. The van der Waals surface area contributed by atoms with E-state index in [1.54, 1.807) is 0 Å². The van der Waals surface area contributed by atoms with E-state index in [9.17, 15) is 0 Å². The molecule has 4 unspecified atom stereocenters. The molecule has 2 saturated carbocycles. The summed E-state index contributed by atoms with van der Waals surface area (Å²) in [5.74, 6) is 4.25. The van der Waals surface area contributed by atoms with E-state index in [1.165, 1.54) is 75.7 Å². The number of hydrogen-bond donors (Lipinski definition) is 1. The van der Waals surface area contributed by atoms with Gasteiger partial charge in [-0.15, -0.1) is 6.58 Å². The Labute approximate surface area is 135 Å². The molecule has 2 fully saturated rings. The van der Waals surface area contributed by atoms with Gasteiger partial charge in [0, 0.05) is 17.8 Å². The van der Waals surface area contributed by atoms with E-state index in [4.69, 9.17) is 4.98 Å². The molecule has 4 atom stereocenters. The summed E-state index contributed by atoms with van der Waals surface area (Å²) >= 11 is 0. The van der Waals surface area contributed by atoms with E-state index in [-0.39, 0.29) is 0 Å². The minimum atomic E-state index is 0.641. The lowest BCUT2D eigenvalue weighted by molar-refractivity contribution is 0.201. The second kappa shape index (κ2) is 7.48. The molecule has 1 heterocycles. The zero-order valence-electron chi connectivity index (χ0n) is 14.2. The first kappa shape index (κ1) is 15.8. The quantitative estimate of drug-likeness (QED) is 0.691. The monoisotopic (exact) mass is 300 g/mol. The van der Waals surface area contributed by atoms with Crippen molar-refractivity contribution in [3.63, 3.8) is 0 Å². The fraction of sp³-hybridized carbons (Fsp3) is 0.750. The Morgan fingerprint density at radius 1 is 1.00 bits per heavy atom. The Hall–Kier alpha value is -1.05. The summed E-state index contributed by atoms with van der Waals surface area (Å²) in [7, 11) is 0. The third kappa shape index (κ3) is 3.47. The fourth-order valence-corrected chi connectivity index (χ4v) is 5.00. The van der Waals surface area contributed by atoms with E-state index in [1.807, 2.05) is 6.20 Å². The molecule has 0 aromatic carbocycles. The zero-order chi connectivity index (χ0) is 15.4. The van der Waals surface area contributed by atoms with Gasteiger partial charge < -0.3 is 4.98 Å². The SMILES string of the molecule is C=CC1CCCCCCC2C(c3ncc(C)[nH]3)CCCCC12. The number of nitrogens with one attached hydrogen (secondary N) is 1. The van der Waals surface area contributed by atoms with Gasteiger partial charge in [0.15, 0.2) is 0 Å². The van der Waals surface area contributed by atoms with Crippen LogP contribution < -0.4 is 0 Å². The summed E-state index contributed by atoms with van der Waals surface area (Å²) in [6.45, 7) is 6.31. The van der Waals surface area contributed by atoms with Crippen LogP contribution in [-0.2, 0) is 0 Å². The third-order valence-electron chi connectivity index (χ3n) is 6.12. The highest BCUT2D eigenvalue weighted by Gasteiger charge is 2.36. The molecule has 2 aliphatic rings. The fourth-order valence-electron chi connectivity index (χ4n) is 5.00. The van der Waals surface area contributed by atoms with Crippen molar-refractivity contribution < 1.29 is 0 Å². The summed E-state index contributed by atoms with van der Waals surface area (Å²) in [4.78, 5) is 8.27. The molecule has 0 saturated heterocycles. The predicted octanol–water partition coefficient (Wildman–Crippen LogP) is 5.76. The van der Waals surface area contributed by atoms with Crippen LogP contribution in [0.4, 0.5) is 0 Å². The van der Waals surface area contributed by atoms with Crippen LogP contribution in [0.5, 0.6) is 0 Å². The van der Waals surface area contributed by atoms with E-state index in [0.717, 1.165) is 17.8 Å². The highest BCUT2D eigenvalue weighted by Crippen LogP contribution is 2.46. The minimum Gasteiger partial charge on any atom is -0.346 e. The maximum atomic E-state index is 4.72. The van der Waals surface area contributed by atoms with Gasteiger partial charge in [-0.1, -0.05) is 44.6 Å². The van der Waals surface area contributed by atoms with Crippen molar-refractivity contribution in [3.8, 4) is 0 Å². The molecule has 0 aliphatic heterocycles. The molecular weight excluding hydrogens is 268 g/mol. The van der Waals surface area contributed by atoms with Crippen LogP contribution in [0.1, 0.15) is 81.6 Å². The molecule has 0 spiro atoms. The van der Waals surface area contributed by atoms with Crippen molar-refractivity contribution in [2.75, 3.05) is 0 Å². The number of aryl methyl sites for hydroxylation is 1. The molecule has 2 heteroatoms. The minimum absolute atomic E-state index is 0.641. The molecular formula is C20H32N2. The number of rotatable bonds is 2. The Balaban J connectivity index is 1.89. The van der Waals surface area contributed by atoms with Crippen LogP contribution in [0.15, 0.2) is 18.9 Å². The predicted molar refractivity (Wildman–Crippen MR) is 92.9 cm³/mol. The standard InChI is InChI=1S/C20H32N2/c1-3-16-10-6-4-5-7-12-18-17(16)11-8-9-13-19(18)20-21-14-15(2)22-20/h3,14,16-19H,1,4-13H2,2H3,(H,21,22).